The highest BCUT2D eigenvalue weighted by atomic mass is 19.1. The summed E-state index contributed by atoms with van der Waals surface area (Å²) in [5.41, 5.74) is 0.0493. The van der Waals surface area contributed by atoms with Gasteiger partial charge in [-0.05, 0) is 52.8 Å². The molecule has 0 amide bonds. The van der Waals surface area contributed by atoms with Crippen LogP contribution in [0.3, 0.4) is 0 Å². The van der Waals surface area contributed by atoms with Gasteiger partial charge in [0, 0.05) is 11.5 Å². The number of nitriles is 1. The normalized spacial score (nSPS) is 11.0. The van der Waals surface area contributed by atoms with Crippen LogP contribution in [0.15, 0.2) is 54.6 Å². The molecule has 0 unspecified atom stereocenters. The summed E-state index contributed by atoms with van der Waals surface area (Å²) in [4.78, 5) is 12.5. The molecule has 0 heterocycles. The van der Waals surface area contributed by atoms with E-state index in [1.807, 2.05) is 18.2 Å². The first kappa shape index (κ1) is 21.4. The maximum Gasteiger partial charge on any atom is 0.349 e. The molecule has 0 aromatic heterocycles. The van der Waals surface area contributed by atoms with E-state index in [0.717, 1.165) is 48.4 Å². The molecule has 0 fully saturated rings. The van der Waals surface area contributed by atoms with Gasteiger partial charge < -0.3 is 4.74 Å². The molecule has 4 rings (SSSR count). The smallest absolute Gasteiger partial charge is 0.349 e. The standard InChI is InChI=1S/C26H18F3NO2/c1-2-3-4-15-5-9-19-16(11-15)7-10-20-21(19)13-23(28)24(25(20)29)26(31)32-18-8-6-17(14-30)22(27)12-18/h5-13H,2-4H2,1H3. The number of rotatable bonds is 5. The number of aryl methyl sites for hydroxylation is 1. The van der Waals surface area contributed by atoms with Crippen LogP contribution in [0.4, 0.5) is 13.2 Å². The second kappa shape index (κ2) is 8.72. The van der Waals surface area contributed by atoms with Crippen molar-refractivity contribution < 1.29 is 22.7 Å². The number of fused-ring (bicyclic) bond motifs is 3. The molecule has 0 spiro atoms. The third-order valence-corrected chi connectivity index (χ3v) is 5.39. The third kappa shape index (κ3) is 3.90. The zero-order valence-electron chi connectivity index (χ0n) is 17.2. The van der Waals surface area contributed by atoms with Crippen molar-refractivity contribution in [3.05, 3.63) is 88.7 Å². The minimum absolute atomic E-state index is 0.0816. The third-order valence-electron chi connectivity index (χ3n) is 5.39. The molecule has 0 aliphatic heterocycles. The fourth-order valence-electron chi connectivity index (χ4n) is 3.72. The van der Waals surface area contributed by atoms with Crippen molar-refractivity contribution in [2.24, 2.45) is 0 Å². The van der Waals surface area contributed by atoms with E-state index in [1.165, 1.54) is 12.1 Å². The van der Waals surface area contributed by atoms with Crippen LogP contribution in [0.1, 0.15) is 41.3 Å². The van der Waals surface area contributed by atoms with Crippen molar-refractivity contribution >= 4 is 27.5 Å². The summed E-state index contributed by atoms with van der Waals surface area (Å²) in [7, 11) is 0. The lowest BCUT2D eigenvalue weighted by molar-refractivity contribution is 0.0724. The molecule has 0 bridgehead atoms. The van der Waals surface area contributed by atoms with Gasteiger partial charge in [-0.2, -0.15) is 5.26 Å². The van der Waals surface area contributed by atoms with Crippen LogP contribution in [-0.2, 0) is 6.42 Å². The molecular weight excluding hydrogens is 415 g/mol. The number of carbonyl (C=O) groups is 1. The Bertz CT molecular complexity index is 1410. The van der Waals surface area contributed by atoms with Crippen LogP contribution in [0, 0.1) is 28.8 Å². The van der Waals surface area contributed by atoms with Crippen LogP contribution in [0.5, 0.6) is 5.75 Å². The number of hydrogen-bond acceptors (Lipinski definition) is 3. The molecule has 0 atom stereocenters. The first-order valence-corrected chi connectivity index (χ1v) is 10.2. The molecule has 3 nitrogen and oxygen atoms in total. The maximum atomic E-state index is 15.2. The van der Waals surface area contributed by atoms with Crippen molar-refractivity contribution in [3.63, 3.8) is 0 Å². The van der Waals surface area contributed by atoms with Crippen molar-refractivity contribution in [3.8, 4) is 11.8 Å². The zero-order chi connectivity index (χ0) is 22.8. The molecule has 4 aromatic carbocycles. The van der Waals surface area contributed by atoms with Crippen molar-refractivity contribution in [2.75, 3.05) is 0 Å². The quantitative estimate of drug-likeness (QED) is 0.197. The summed E-state index contributed by atoms with van der Waals surface area (Å²) >= 11 is 0. The minimum atomic E-state index is -1.29. The molecule has 4 aromatic rings. The molecule has 0 saturated heterocycles. The molecule has 0 radical (unpaired) electrons. The minimum Gasteiger partial charge on any atom is -0.423 e. The van der Waals surface area contributed by atoms with E-state index in [9.17, 15) is 13.6 Å². The second-order valence-corrected chi connectivity index (χ2v) is 7.51. The summed E-state index contributed by atoms with van der Waals surface area (Å²) < 4.78 is 48.8. The monoisotopic (exact) mass is 433 g/mol. The Labute approximate surface area is 182 Å². The largest absolute Gasteiger partial charge is 0.423 e. The van der Waals surface area contributed by atoms with Gasteiger partial charge in [-0.25, -0.2) is 18.0 Å². The van der Waals surface area contributed by atoms with Crippen molar-refractivity contribution in [2.45, 2.75) is 26.2 Å². The Kier molecular flexibility index (Phi) is 5.83. The van der Waals surface area contributed by atoms with Crippen molar-refractivity contribution in [1.82, 2.24) is 0 Å². The van der Waals surface area contributed by atoms with Gasteiger partial charge in [-0.1, -0.05) is 43.7 Å². The van der Waals surface area contributed by atoms with Gasteiger partial charge in [0.1, 0.15) is 34.8 Å². The highest BCUT2D eigenvalue weighted by Crippen LogP contribution is 2.32. The van der Waals surface area contributed by atoms with E-state index in [-0.39, 0.29) is 16.7 Å². The number of nitrogens with zero attached hydrogens (tertiary/aromatic N) is 1. The van der Waals surface area contributed by atoms with Crippen LogP contribution < -0.4 is 4.74 Å². The number of esters is 1. The number of unbranched alkanes of at least 4 members (excludes halogenated alkanes) is 1. The molecule has 0 saturated carbocycles. The SMILES string of the molecule is CCCCc1ccc2c(ccc3c(F)c(C(=O)Oc4ccc(C#N)c(F)c4)c(F)cc32)c1. The average Bonchev–Trinajstić information content (AvgIpc) is 2.77. The van der Waals surface area contributed by atoms with E-state index in [4.69, 9.17) is 10.00 Å². The Morgan fingerprint density at radius 1 is 0.938 bits per heavy atom. The van der Waals surface area contributed by atoms with E-state index in [1.54, 1.807) is 12.1 Å². The van der Waals surface area contributed by atoms with Crippen LogP contribution in [0.25, 0.3) is 21.5 Å². The summed E-state index contributed by atoms with van der Waals surface area (Å²) in [5, 5.41) is 10.7. The summed E-state index contributed by atoms with van der Waals surface area (Å²) in [6, 6.07) is 14.9. The first-order valence-electron chi connectivity index (χ1n) is 10.2. The lowest BCUT2D eigenvalue weighted by Gasteiger charge is -2.11. The number of carbonyl (C=O) groups excluding carboxylic acids is 1. The predicted octanol–water partition coefficient (Wildman–Crippen LogP) is 6.84. The fraction of sp³-hybridized carbons (Fsp3) is 0.154. The Hall–Kier alpha value is -3.85. The highest BCUT2D eigenvalue weighted by molar-refractivity contribution is 6.10. The van der Waals surface area contributed by atoms with Gasteiger partial charge in [-0.3, -0.25) is 0 Å². The molecular formula is C26H18F3NO2. The highest BCUT2D eigenvalue weighted by Gasteiger charge is 2.23. The number of hydrogen-bond donors (Lipinski definition) is 0. The predicted molar refractivity (Wildman–Crippen MR) is 116 cm³/mol. The van der Waals surface area contributed by atoms with Crippen molar-refractivity contribution in [1.29, 1.82) is 5.26 Å². The summed E-state index contributed by atoms with van der Waals surface area (Å²) in [6.07, 6.45) is 3.05. The van der Waals surface area contributed by atoms with E-state index in [0.29, 0.717) is 10.8 Å². The van der Waals surface area contributed by atoms with Gasteiger partial charge in [-0.15, -0.1) is 0 Å². The number of ether oxygens (including phenoxy) is 1. The average molecular weight is 433 g/mol. The van der Waals surface area contributed by atoms with E-state index < -0.39 is 29.0 Å². The molecule has 160 valence electrons. The molecule has 0 aliphatic rings. The Balaban J connectivity index is 1.74. The zero-order valence-corrected chi connectivity index (χ0v) is 17.2. The Morgan fingerprint density at radius 2 is 1.72 bits per heavy atom. The van der Waals surface area contributed by atoms with Gasteiger partial charge in [0.2, 0.25) is 0 Å². The lowest BCUT2D eigenvalue weighted by atomic mass is 9.96. The van der Waals surface area contributed by atoms with E-state index in [2.05, 4.69) is 6.92 Å². The topological polar surface area (TPSA) is 50.1 Å². The molecule has 32 heavy (non-hydrogen) atoms. The number of benzene rings is 4. The van der Waals surface area contributed by atoms with Crippen LogP contribution in [-0.4, -0.2) is 5.97 Å². The first-order chi connectivity index (χ1) is 15.4. The second-order valence-electron chi connectivity index (χ2n) is 7.51. The van der Waals surface area contributed by atoms with Crippen LogP contribution >= 0.6 is 0 Å². The molecule has 6 heteroatoms. The lowest BCUT2D eigenvalue weighted by Crippen LogP contribution is -2.14. The maximum absolute atomic E-state index is 15.2. The van der Waals surface area contributed by atoms with Gasteiger partial charge >= 0.3 is 5.97 Å². The fourth-order valence-corrected chi connectivity index (χ4v) is 3.72. The van der Waals surface area contributed by atoms with Gasteiger partial charge in [0.25, 0.3) is 0 Å². The molecule has 0 aliphatic carbocycles. The Morgan fingerprint density at radius 3 is 2.44 bits per heavy atom. The van der Waals surface area contributed by atoms with Gasteiger partial charge in [0.05, 0.1) is 5.56 Å². The van der Waals surface area contributed by atoms with Crippen LogP contribution in [0.2, 0.25) is 0 Å². The van der Waals surface area contributed by atoms with Gasteiger partial charge in [0.15, 0.2) is 0 Å². The summed E-state index contributed by atoms with van der Waals surface area (Å²) in [5.74, 6) is -4.57. The number of halogens is 3. The molecule has 0 N–H and O–H groups in total. The summed E-state index contributed by atoms with van der Waals surface area (Å²) in [6.45, 7) is 2.11. The van der Waals surface area contributed by atoms with E-state index >= 15 is 4.39 Å².